The third-order valence-corrected chi connectivity index (χ3v) is 6.24. The molecule has 0 saturated carbocycles. The summed E-state index contributed by atoms with van der Waals surface area (Å²) in [6, 6.07) is 12.5. The number of nitrogens with zero attached hydrogens (tertiary/aromatic N) is 4. The van der Waals surface area contributed by atoms with Crippen molar-refractivity contribution in [2.45, 2.75) is 6.18 Å². The minimum Gasteiger partial charge on any atom is -0.369 e. The van der Waals surface area contributed by atoms with E-state index in [0.29, 0.717) is 23.5 Å². The van der Waals surface area contributed by atoms with Gasteiger partial charge in [-0.15, -0.1) is 0 Å². The number of carbonyl (C=O) groups excluding carboxylic acids is 1. The lowest BCUT2D eigenvalue weighted by Gasteiger charge is -2.34. The maximum absolute atomic E-state index is 12.2. The Labute approximate surface area is 227 Å². The van der Waals surface area contributed by atoms with Gasteiger partial charge in [-0.3, -0.25) is 4.79 Å². The van der Waals surface area contributed by atoms with E-state index in [1.807, 2.05) is 24.3 Å². The molecule has 1 aromatic heterocycles. The number of nitrogens with one attached hydrogen (secondary N) is 3. The zero-order chi connectivity index (χ0) is 27.3. The number of hydrogen-bond donors (Lipinski definition) is 3. The van der Waals surface area contributed by atoms with Gasteiger partial charge in [0.15, 0.2) is 5.82 Å². The summed E-state index contributed by atoms with van der Waals surface area (Å²) in [5.41, 5.74) is 2.59. The number of benzene rings is 2. The number of allylic oxidation sites excluding steroid dienone is 1. The predicted octanol–water partition coefficient (Wildman–Crippen LogP) is 6.08. The Kier molecular flexibility index (Phi) is 8.60. The number of piperazine rings is 1. The maximum atomic E-state index is 12.2. The van der Waals surface area contributed by atoms with Gasteiger partial charge < -0.3 is 25.8 Å². The Morgan fingerprint density at radius 3 is 2.32 bits per heavy atom. The van der Waals surface area contributed by atoms with E-state index < -0.39 is 12.1 Å². The van der Waals surface area contributed by atoms with Gasteiger partial charge in [0.05, 0.1) is 16.9 Å². The van der Waals surface area contributed by atoms with Crippen LogP contribution in [0.4, 0.5) is 47.7 Å². The average molecular weight is 566 g/mol. The zero-order valence-electron chi connectivity index (χ0n) is 20.2. The Morgan fingerprint density at radius 1 is 0.974 bits per heavy atom. The molecule has 1 fully saturated rings. The summed E-state index contributed by atoms with van der Waals surface area (Å²) in [6.45, 7) is 4.00. The minimum atomic E-state index is -4.59. The highest BCUT2D eigenvalue weighted by molar-refractivity contribution is 6.34. The first-order valence-electron chi connectivity index (χ1n) is 11.5. The van der Waals surface area contributed by atoms with Crippen molar-refractivity contribution in [3.05, 3.63) is 70.9 Å². The van der Waals surface area contributed by atoms with Crippen molar-refractivity contribution < 1.29 is 18.0 Å². The second-order valence-electron chi connectivity index (χ2n) is 8.54. The minimum absolute atomic E-state index is 0.104. The monoisotopic (exact) mass is 565 g/mol. The molecular weight excluding hydrogens is 542 g/mol. The molecular formula is C25H24Cl2F3N7O. The smallest absolute Gasteiger partial charge is 0.369 e. The number of alkyl halides is 3. The number of aromatic nitrogens is 2. The lowest BCUT2D eigenvalue weighted by molar-refractivity contribution is -0.112. The van der Waals surface area contributed by atoms with Crippen LogP contribution in [0.5, 0.6) is 0 Å². The molecule has 1 saturated heterocycles. The summed E-state index contributed by atoms with van der Waals surface area (Å²) in [6.07, 6.45) is -2.91. The molecule has 2 heterocycles. The van der Waals surface area contributed by atoms with Crippen LogP contribution in [0.25, 0.3) is 0 Å². The number of amides is 1. The van der Waals surface area contributed by atoms with E-state index in [2.05, 4.69) is 42.8 Å². The summed E-state index contributed by atoms with van der Waals surface area (Å²) in [7, 11) is 2.12. The van der Waals surface area contributed by atoms with Gasteiger partial charge in [0.2, 0.25) is 11.9 Å². The molecule has 1 amide bonds. The molecule has 2 aromatic carbocycles. The van der Waals surface area contributed by atoms with Gasteiger partial charge in [0.1, 0.15) is 5.02 Å². The normalized spacial score (nSPS) is 14.5. The highest BCUT2D eigenvalue weighted by Crippen LogP contribution is 2.30. The first-order chi connectivity index (χ1) is 18.1. The van der Waals surface area contributed by atoms with E-state index in [4.69, 9.17) is 23.2 Å². The van der Waals surface area contributed by atoms with Crippen LogP contribution in [0.2, 0.25) is 10.0 Å². The van der Waals surface area contributed by atoms with Crippen LogP contribution >= 0.6 is 23.2 Å². The Bertz CT molecular complexity index is 1310. The Hall–Kier alpha value is -3.54. The van der Waals surface area contributed by atoms with E-state index in [-0.39, 0.29) is 21.8 Å². The molecule has 0 aliphatic carbocycles. The average Bonchev–Trinajstić information content (AvgIpc) is 2.87. The molecule has 8 nitrogen and oxygen atoms in total. The fourth-order valence-electron chi connectivity index (χ4n) is 3.64. The molecule has 3 aromatic rings. The fourth-order valence-corrected chi connectivity index (χ4v) is 4.01. The first-order valence-corrected chi connectivity index (χ1v) is 12.3. The number of hydrogen-bond acceptors (Lipinski definition) is 7. The van der Waals surface area contributed by atoms with Crippen LogP contribution < -0.4 is 20.9 Å². The van der Waals surface area contributed by atoms with Crippen LogP contribution in [-0.2, 0) is 4.79 Å². The second kappa shape index (κ2) is 11.9. The van der Waals surface area contributed by atoms with E-state index in [9.17, 15) is 18.0 Å². The van der Waals surface area contributed by atoms with Gasteiger partial charge in [0.25, 0.3) is 0 Å². The molecule has 1 aliphatic heterocycles. The van der Waals surface area contributed by atoms with Crippen molar-refractivity contribution in [3.63, 3.8) is 0 Å². The highest BCUT2D eigenvalue weighted by Gasteiger charge is 2.22. The summed E-state index contributed by atoms with van der Waals surface area (Å²) >= 11 is 12.5. The number of halogens is 5. The molecule has 1 aliphatic rings. The van der Waals surface area contributed by atoms with E-state index in [0.717, 1.165) is 37.6 Å². The molecule has 3 N–H and O–H groups in total. The molecule has 38 heavy (non-hydrogen) atoms. The fraction of sp³-hybridized carbons (Fsp3) is 0.240. The summed E-state index contributed by atoms with van der Waals surface area (Å²) in [4.78, 5) is 25.0. The lowest BCUT2D eigenvalue weighted by atomic mass is 10.2. The molecule has 0 bridgehead atoms. The largest absolute Gasteiger partial charge is 0.409 e. The van der Waals surface area contributed by atoms with Crippen molar-refractivity contribution in [2.75, 3.05) is 54.1 Å². The molecule has 4 rings (SSSR count). The lowest BCUT2D eigenvalue weighted by Crippen LogP contribution is -2.44. The predicted molar refractivity (Wildman–Crippen MR) is 145 cm³/mol. The molecule has 0 radical (unpaired) electrons. The molecule has 0 spiro atoms. The van der Waals surface area contributed by atoms with Crippen molar-refractivity contribution in [3.8, 4) is 0 Å². The number of rotatable bonds is 7. The van der Waals surface area contributed by atoms with E-state index >= 15 is 0 Å². The van der Waals surface area contributed by atoms with Gasteiger partial charge in [-0.05, 0) is 49.5 Å². The van der Waals surface area contributed by atoms with Gasteiger partial charge in [-0.1, -0.05) is 23.2 Å². The second-order valence-corrected chi connectivity index (χ2v) is 9.35. The van der Waals surface area contributed by atoms with Crippen molar-refractivity contribution in [1.29, 1.82) is 0 Å². The van der Waals surface area contributed by atoms with Crippen molar-refractivity contribution in [2.24, 2.45) is 0 Å². The standard InChI is InChI=1S/C25H24Cl2F3N7O/c1-36-10-12-37(13-11-36)18-5-2-16(3-6-18)33-24-31-15-20(27)23(35-24)32-17-4-7-21(19(26)14-17)34-22(38)8-9-25(28,29)30/h2-9,14-15H,10-13H2,1H3,(H,34,38)(H2,31,32,33,35)/b9-8+. The molecule has 200 valence electrons. The van der Waals surface area contributed by atoms with Crippen LogP contribution in [0.15, 0.2) is 60.8 Å². The SMILES string of the molecule is CN1CCN(c2ccc(Nc3ncc(Cl)c(Nc4ccc(NC(=O)/C=C/C(F)(F)F)c(Cl)c4)n3)cc2)CC1. The Balaban J connectivity index is 1.40. The number of carbonyl (C=O) groups is 1. The van der Waals surface area contributed by atoms with Gasteiger partial charge in [-0.2, -0.15) is 18.2 Å². The Morgan fingerprint density at radius 2 is 1.66 bits per heavy atom. The van der Waals surface area contributed by atoms with E-state index in [1.54, 1.807) is 6.07 Å². The quantitative estimate of drug-likeness (QED) is 0.299. The van der Waals surface area contributed by atoms with Crippen molar-refractivity contribution in [1.82, 2.24) is 14.9 Å². The molecule has 0 atom stereocenters. The van der Waals surface area contributed by atoms with Crippen LogP contribution in [-0.4, -0.2) is 60.2 Å². The van der Waals surface area contributed by atoms with E-state index in [1.165, 1.54) is 18.3 Å². The zero-order valence-corrected chi connectivity index (χ0v) is 21.7. The summed E-state index contributed by atoms with van der Waals surface area (Å²) in [5.74, 6) is -0.342. The molecule has 0 unspecified atom stereocenters. The van der Waals surface area contributed by atoms with Crippen LogP contribution in [0, 0.1) is 0 Å². The highest BCUT2D eigenvalue weighted by atomic mass is 35.5. The summed E-state index contributed by atoms with van der Waals surface area (Å²) in [5, 5.41) is 8.84. The van der Waals surface area contributed by atoms with Gasteiger partial charge in [-0.25, -0.2) is 4.98 Å². The molecule has 13 heteroatoms. The van der Waals surface area contributed by atoms with Crippen molar-refractivity contribution >= 4 is 63.6 Å². The summed E-state index contributed by atoms with van der Waals surface area (Å²) < 4.78 is 36.7. The van der Waals surface area contributed by atoms with Gasteiger partial charge >= 0.3 is 6.18 Å². The third-order valence-electron chi connectivity index (χ3n) is 5.65. The van der Waals surface area contributed by atoms with Crippen LogP contribution in [0.3, 0.4) is 0 Å². The number of anilines is 6. The third kappa shape index (κ3) is 7.73. The van der Waals surface area contributed by atoms with Gasteiger partial charge in [0, 0.05) is 55.4 Å². The first kappa shape index (κ1) is 27.5. The van der Waals surface area contributed by atoms with Crippen LogP contribution in [0.1, 0.15) is 0 Å². The maximum Gasteiger partial charge on any atom is 0.409 e. The number of likely N-dealkylation sites (N-methyl/N-ethyl adjacent to an activating group) is 1. The topological polar surface area (TPSA) is 85.4 Å².